The Morgan fingerprint density at radius 3 is 2.20 bits per heavy atom. The third-order valence-electron chi connectivity index (χ3n) is 8.26. The monoisotopic (exact) mass is 476 g/mol. The number of aliphatic carboxylic acids is 1. The first-order chi connectivity index (χ1) is 16.7. The molecule has 2 aromatic carbocycles. The van der Waals surface area contributed by atoms with Crippen molar-refractivity contribution in [3.8, 4) is 11.1 Å². The first-order valence-corrected chi connectivity index (χ1v) is 12.4. The summed E-state index contributed by atoms with van der Waals surface area (Å²) >= 11 is 0. The summed E-state index contributed by atoms with van der Waals surface area (Å²) in [7, 11) is 0. The second-order valence-corrected chi connectivity index (χ2v) is 10.8. The van der Waals surface area contributed by atoms with Gasteiger partial charge in [-0.05, 0) is 46.4 Å². The molecule has 7 nitrogen and oxygen atoms in total. The molecule has 2 saturated heterocycles. The van der Waals surface area contributed by atoms with Crippen LogP contribution in [0.5, 0.6) is 0 Å². The Balaban J connectivity index is 1.30. The molecule has 2 aliphatic heterocycles. The van der Waals surface area contributed by atoms with Crippen LogP contribution >= 0.6 is 0 Å². The molecule has 2 heterocycles. The Hall–Kier alpha value is -3.35. The Morgan fingerprint density at radius 1 is 1.09 bits per heavy atom. The van der Waals surface area contributed by atoms with Crippen molar-refractivity contribution in [1.29, 1.82) is 0 Å². The highest BCUT2D eigenvalue weighted by Gasteiger charge is 2.69. The fourth-order valence-corrected chi connectivity index (χ4v) is 6.37. The average Bonchev–Trinajstić information content (AvgIpc) is 3.44. The predicted octanol–water partition coefficient (Wildman–Crippen LogP) is 4.41. The average molecular weight is 477 g/mol. The zero-order chi connectivity index (χ0) is 25.0. The van der Waals surface area contributed by atoms with Crippen LogP contribution in [0.2, 0.25) is 0 Å². The predicted molar refractivity (Wildman–Crippen MR) is 131 cm³/mol. The lowest BCUT2D eigenvalue weighted by atomic mass is 9.63. The standard InChI is InChI=1S/C28H32N2O5/c1-4-17(2)23(24(31)30-16-27(3)14-28(30,15-27)25(32)33)29-26(34)35-13-22-20-11-7-5-9-18(20)19-10-6-8-12-21(19)22/h5-12,17,22-23H,4,13-16H2,1-3H3,(H,29,34)(H,32,33)/t17-,23-,27?,28?/m0/s1. The molecule has 2 bridgehead atoms. The van der Waals surface area contributed by atoms with Crippen molar-refractivity contribution in [1.82, 2.24) is 10.2 Å². The van der Waals surface area contributed by atoms with Crippen molar-refractivity contribution >= 4 is 18.0 Å². The molecule has 2 N–H and O–H groups in total. The molecule has 0 radical (unpaired) electrons. The Bertz CT molecular complexity index is 1140. The van der Waals surface area contributed by atoms with Crippen molar-refractivity contribution in [2.45, 2.75) is 57.5 Å². The molecule has 2 aliphatic carbocycles. The first-order valence-electron chi connectivity index (χ1n) is 12.4. The minimum absolute atomic E-state index is 0.0769. The van der Waals surface area contributed by atoms with E-state index < -0.39 is 23.6 Å². The highest BCUT2D eigenvalue weighted by molar-refractivity contribution is 5.93. The fraction of sp³-hybridized carbons (Fsp3) is 0.464. The highest BCUT2D eigenvalue weighted by Crippen LogP contribution is 2.59. The summed E-state index contributed by atoms with van der Waals surface area (Å²) in [5.74, 6) is -1.55. The number of carboxylic acid groups (broad SMARTS) is 1. The zero-order valence-electron chi connectivity index (χ0n) is 20.4. The number of carboxylic acids is 1. The maximum Gasteiger partial charge on any atom is 0.407 e. The topological polar surface area (TPSA) is 95.9 Å². The van der Waals surface area contributed by atoms with Crippen molar-refractivity contribution in [2.24, 2.45) is 11.3 Å². The van der Waals surface area contributed by atoms with Crippen molar-refractivity contribution in [3.63, 3.8) is 0 Å². The van der Waals surface area contributed by atoms with Crippen molar-refractivity contribution < 1.29 is 24.2 Å². The van der Waals surface area contributed by atoms with E-state index in [0.29, 0.717) is 25.8 Å². The van der Waals surface area contributed by atoms with Crippen LogP contribution in [0.3, 0.4) is 0 Å². The summed E-state index contributed by atoms with van der Waals surface area (Å²) in [6.07, 6.45) is 0.914. The second kappa shape index (κ2) is 8.40. The molecule has 6 rings (SSSR count). The Labute approximate surface area is 205 Å². The molecule has 3 fully saturated rings. The van der Waals surface area contributed by atoms with E-state index >= 15 is 0 Å². The van der Waals surface area contributed by atoms with Gasteiger partial charge in [-0.15, -0.1) is 0 Å². The molecule has 184 valence electrons. The molecule has 1 saturated carbocycles. The van der Waals surface area contributed by atoms with Gasteiger partial charge in [-0.3, -0.25) is 4.79 Å². The van der Waals surface area contributed by atoms with E-state index in [1.807, 2.05) is 45.0 Å². The molecule has 0 unspecified atom stereocenters. The number of hydrogen-bond acceptors (Lipinski definition) is 4. The lowest BCUT2D eigenvalue weighted by Gasteiger charge is -2.43. The maximum atomic E-state index is 13.6. The van der Waals surface area contributed by atoms with Crippen LogP contribution in [0.1, 0.15) is 57.1 Å². The number of benzene rings is 2. The van der Waals surface area contributed by atoms with E-state index in [1.165, 1.54) is 4.90 Å². The highest BCUT2D eigenvalue weighted by atomic mass is 16.5. The van der Waals surface area contributed by atoms with E-state index in [-0.39, 0.29) is 29.8 Å². The number of fused-ring (bicyclic) bond motifs is 4. The smallest absolute Gasteiger partial charge is 0.407 e. The number of alkyl carbamates (subject to hydrolysis) is 1. The molecule has 35 heavy (non-hydrogen) atoms. The number of hydrogen-bond donors (Lipinski definition) is 2. The first kappa shape index (κ1) is 23.4. The summed E-state index contributed by atoms with van der Waals surface area (Å²) in [4.78, 5) is 40.0. The van der Waals surface area contributed by atoms with Gasteiger partial charge in [0.1, 0.15) is 18.2 Å². The van der Waals surface area contributed by atoms with E-state index in [2.05, 4.69) is 29.6 Å². The molecule has 2 atom stereocenters. The summed E-state index contributed by atoms with van der Waals surface area (Å²) < 4.78 is 5.67. The molecular formula is C28H32N2O5. The molecule has 2 amide bonds. The number of amides is 2. The number of nitrogens with zero attached hydrogens (tertiary/aromatic N) is 1. The number of carbonyl (C=O) groups is 3. The fourth-order valence-electron chi connectivity index (χ4n) is 6.37. The van der Waals surface area contributed by atoms with Gasteiger partial charge in [0.25, 0.3) is 0 Å². The Morgan fingerprint density at radius 2 is 1.66 bits per heavy atom. The minimum atomic E-state index is -1.15. The van der Waals surface area contributed by atoms with Gasteiger partial charge >= 0.3 is 12.1 Å². The third kappa shape index (κ3) is 3.68. The van der Waals surface area contributed by atoms with Gasteiger partial charge in [-0.1, -0.05) is 75.7 Å². The van der Waals surface area contributed by atoms with Crippen molar-refractivity contribution in [2.75, 3.05) is 13.2 Å². The van der Waals surface area contributed by atoms with Crippen LogP contribution in [0.25, 0.3) is 11.1 Å². The van der Waals surface area contributed by atoms with Gasteiger partial charge in [0.2, 0.25) is 5.91 Å². The lowest BCUT2D eigenvalue weighted by Crippen LogP contribution is -2.60. The maximum absolute atomic E-state index is 13.6. The molecule has 2 aromatic rings. The van der Waals surface area contributed by atoms with Gasteiger partial charge in [-0.25, -0.2) is 9.59 Å². The zero-order valence-corrected chi connectivity index (χ0v) is 20.4. The summed E-state index contributed by atoms with van der Waals surface area (Å²) in [6.45, 7) is 6.41. The second-order valence-electron chi connectivity index (χ2n) is 10.8. The normalized spacial score (nSPS) is 25.7. The molecule has 7 heteroatoms. The summed E-state index contributed by atoms with van der Waals surface area (Å²) in [6, 6.07) is 15.4. The van der Waals surface area contributed by atoms with Gasteiger partial charge < -0.3 is 20.1 Å². The minimum Gasteiger partial charge on any atom is -0.479 e. The van der Waals surface area contributed by atoms with Gasteiger partial charge in [0, 0.05) is 12.5 Å². The number of rotatable bonds is 7. The van der Waals surface area contributed by atoms with Crippen LogP contribution in [-0.2, 0) is 14.3 Å². The van der Waals surface area contributed by atoms with E-state index in [4.69, 9.17) is 4.74 Å². The number of carbonyl (C=O) groups excluding carboxylic acids is 2. The lowest BCUT2D eigenvalue weighted by molar-refractivity contribution is -0.161. The van der Waals surface area contributed by atoms with Crippen LogP contribution in [0.15, 0.2) is 48.5 Å². The van der Waals surface area contributed by atoms with Crippen LogP contribution in [-0.4, -0.2) is 52.7 Å². The summed E-state index contributed by atoms with van der Waals surface area (Å²) in [5, 5.41) is 12.6. The third-order valence-corrected chi connectivity index (χ3v) is 8.26. The SMILES string of the molecule is CC[C@H](C)[C@H](NC(=O)OCC1c2ccccc2-c2ccccc21)C(=O)N1CC2(C)CC1(C(=O)O)C2. The van der Waals surface area contributed by atoms with Crippen LogP contribution in [0.4, 0.5) is 4.79 Å². The Kier molecular flexibility index (Phi) is 5.61. The molecule has 0 spiro atoms. The quantitative estimate of drug-likeness (QED) is 0.617. The van der Waals surface area contributed by atoms with Crippen molar-refractivity contribution in [3.05, 3.63) is 59.7 Å². The summed E-state index contributed by atoms with van der Waals surface area (Å²) in [5.41, 5.74) is 3.20. The van der Waals surface area contributed by atoms with Crippen LogP contribution < -0.4 is 5.32 Å². The van der Waals surface area contributed by atoms with E-state index in [0.717, 1.165) is 22.3 Å². The van der Waals surface area contributed by atoms with Gasteiger partial charge in [-0.2, -0.15) is 0 Å². The van der Waals surface area contributed by atoms with Gasteiger partial charge in [0.05, 0.1) is 0 Å². The largest absolute Gasteiger partial charge is 0.479 e. The van der Waals surface area contributed by atoms with Gasteiger partial charge in [0.15, 0.2) is 0 Å². The van der Waals surface area contributed by atoms with Crippen LogP contribution in [0, 0.1) is 11.3 Å². The van der Waals surface area contributed by atoms with E-state index in [1.54, 1.807) is 0 Å². The molecule has 4 aliphatic rings. The molecular weight excluding hydrogens is 444 g/mol. The number of ether oxygens (including phenoxy) is 1. The van der Waals surface area contributed by atoms with E-state index in [9.17, 15) is 19.5 Å². The number of nitrogens with one attached hydrogen (secondary N) is 1. The molecule has 0 aromatic heterocycles.